The molecule has 2 fully saturated rings. The summed E-state index contributed by atoms with van der Waals surface area (Å²) in [6, 6.07) is 8.36. The number of carbonyl (C=O) groups is 1. The van der Waals surface area contributed by atoms with Gasteiger partial charge in [0.2, 0.25) is 0 Å². The highest BCUT2D eigenvalue weighted by atomic mass is 19.4. The Labute approximate surface area is 229 Å². The zero-order valence-corrected chi connectivity index (χ0v) is 22.7. The van der Waals surface area contributed by atoms with Crippen LogP contribution in [0.1, 0.15) is 73.5 Å². The number of benzene rings is 1. The van der Waals surface area contributed by atoms with Crippen LogP contribution >= 0.6 is 0 Å². The van der Waals surface area contributed by atoms with E-state index in [4.69, 9.17) is 10.7 Å². The van der Waals surface area contributed by atoms with Gasteiger partial charge in [0.1, 0.15) is 11.7 Å². The maximum absolute atomic E-state index is 14.3. The number of nitrogens with one attached hydrogen (secondary N) is 1. The first kappa shape index (κ1) is 26.6. The van der Waals surface area contributed by atoms with E-state index in [1.165, 1.54) is 17.2 Å². The second-order valence-corrected chi connectivity index (χ2v) is 12.0. The molecule has 3 aromatic heterocycles. The fourth-order valence-corrected chi connectivity index (χ4v) is 5.63. The van der Waals surface area contributed by atoms with E-state index in [1.807, 2.05) is 39.0 Å². The molecule has 40 heavy (non-hydrogen) atoms. The Hall–Kier alpha value is -3.57. The smallest absolute Gasteiger partial charge is 0.347 e. The molecule has 3 N–H and O–H groups in total. The predicted octanol–water partition coefficient (Wildman–Crippen LogP) is 4.99. The molecule has 1 amide bonds. The summed E-state index contributed by atoms with van der Waals surface area (Å²) in [7, 11) is 0. The predicted molar refractivity (Wildman–Crippen MR) is 146 cm³/mol. The molecule has 4 aromatic rings. The lowest BCUT2D eigenvalue weighted by atomic mass is 9.97. The van der Waals surface area contributed by atoms with Crippen molar-refractivity contribution in [3.63, 3.8) is 0 Å². The maximum atomic E-state index is 14.3. The number of carbonyl (C=O) groups excluding carboxylic acids is 1. The third kappa shape index (κ3) is 5.03. The van der Waals surface area contributed by atoms with E-state index < -0.39 is 17.8 Å². The molecule has 1 saturated carbocycles. The van der Waals surface area contributed by atoms with Crippen molar-refractivity contribution in [3.05, 3.63) is 59.3 Å². The molecule has 11 heteroatoms. The molecule has 6 rings (SSSR count). The average molecular weight is 552 g/mol. The molecule has 4 heterocycles. The standard InChI is InChI=1S/C29H32F3N7O/c1-28(2,3)35-27(40)20-9-6-17-7-10-21(34-24(17)23(20)16-4-5-16)26-37-36-22-11-8-18(14-39(22)26)25(29(30,31)32)38-13-12-19(33)15-38/h6-11,14,16,19,25H,4-5,12-13,15,33H2,1-3H3,(H,35,40)/t19?,25-/m1/s1. The molecule has 0 radical (unpaired) electrons. The van der Waals surface area contributed by atoms with Crippen LogP contribution in [-0.4, -0.2) is 61.2 Å². The number of alkyl halides is 3. The Bertz CT molecular complexity index is 1600. The minimum Gasteiger partial charge on any atom is -0.347 e. The van der Waals surface area contributed by atoms with Crippen LogP contribution in [0.3, 0.4) is 0 Å². The van der Waals surface area contributed by atoms with Gasteiger partial charge in [-0.05, 0) is 75.3 Å². The van der Waals surface area contributed by atoms with E-state index in [-0.39, 0.29) is 36.5 Å². The fraction of sp³-hybridized carbons (Fsp3) is 0.448. The van der Waals surface area contributed by atoms with Gasteiger partial charge in [-0.25, -0.2) is 4.98 Å². The highest BCUT2D eigenvalue weighted by molar-refractivity contribution is 6.01. The van der Waals surface area contributed by atoms with Crippen LogP contribution in [0.4, 0.5) is 13.2 Å². The molecule has 1 aliphatic carbocycles. The van der Waals surface area contributed by atoms with Crippen molar-refractivity contribution in [2.24, 2.45) is 5.73 Å². The number of rotatable bonds is 5. The van der Waals surface area contributed by atoms with E-state index in [2.05, 4.69) is 15.5 Å². The normalized spacial score (nSPS) is 19.4. The van der Waals surface area contributed by atoms with Crippen molar-refractivity contribution in [3.8, 4) is 11.5 Å². The van der Waals surface area contributed by atoms with Crippen molar-refractivity contribution in [2.75, 3.05) is 13.1 Å². The molecule has 0 bridgehead atoms. The number of pyridine rings is 2. The molecule has 8 nitrogen and oxygen atoms in total. The summed E-state index contributed by atoms with van der Waals surface area (Å²) in [4.78, 5) is 19.5. The van der Waals surface area contributed by atoms with E-state index in [9.17, 15) is 18.0 Å². The Morgan fingerprint density at radius 2 is 1.80 bits per heavy atom. The van der Waals surface area contributed by atoms with Gasteiger partial charge >= 0.3 is 6.18 Å². The fourth-order valence-electron chi connectivity index (χ4n) is 5.63. The summed E-state index contributed by atoms with van der Waals surface area (Å²) in [5.41, 5.74) is 8.72. The molecular formula is C29H32F3N7O. The molecule has 2 aliphatic rings. The number of halogens is 3. The summed E-state index contributed by atoms with van der Waals surface area (Å²) in [6.07, 6.45) is -0.565. The monoisotopic (exact) mass is 551 g/mol. The van der Waals surface area contributed by atoms with Gasteiger partial charge in [-0.1, -0.05) is 18.2 Å². The number of likely N-dealkylation sites (tertiary alicyclic amines) is 1. The number of aromatic nitrogens is 4. The highest BCUT2D eigenvalue weighted by Crippen LogP contribution is 2.45. The van der Waals surface area contributed by atoms with Crippen LogP contribution in [0.2, 0.25) is 0 Å². The van der Waals surface area contributed by atoms with E-state index in [0.717, 1.165) is 23.8 Å². The quantitative estimate of drug-likeness (QED) is 0.363. The molecule has 1 aliphatic heterocycles. The Kier molecular flexibility index (Phi) is 6.34. The van der Waals surface area contributed by atoms with Gasteiger partial charge in [0, 0.05) is 41.8 Å². The number of hydrogen-bond donors (Lipinski definition) is 2. The number of hydrogen-bond acceptors (Lipinski definition) is 6. The molecular weight excluding hydrogens is 519 g/mol. The van der Waals surface area contributed by atoms with E-state index in [1.54, 1.807) is 16.5 Å². The molecule has 0 spiro atoms. The summed E-state index contributed by atoms with van der Waals surface area (Å²) in [6.45, 7) is 6.26. The lowest BCUT2D eigenvalue weighted by Gasteiger charge is -2.30. The van der Waals surface area contributed by atoms with Crippen LogP contribution in [-0.2, 0) is 0 Å². The average Bonchev–Trinajstić information content (AvgIpc) is 3.49. The number of nitrogens with zero attached hydrogens (tertiary/aromatic N) is 5. The Morgan fingerprint density at radius 3 is 2.45 bits per heavy atom. The largest absolute Gasteiger partial charge is 0.408 e. The number of nitrogens with two attached hydrogens (primary N) is 1. The van der Waals surface area contributed by atoms with Crippen molar-refractivity contribution in [1.82, 2.24) is 29.8 Å². The van der Waals surface area contributed by atoms with Crippen LogP contribution in [0.5, 0.6) is 0 Å². The van der Waals surface area contributed by atoms with Crippen molar-refractivity contribution in [2.45, 2.75) is 69.8 Å². The summed E-state index contributed by atoms with van der Waals surface area (Å²) in [5.74, 6) is 0.415. The Balaban J connectivity index is 1.45. The topological polar surface area (TPSA) is 101 Å². The molecule has 210 valence electrons. The Morgan fingerprint density at radius 1 is 1.05 bits per heavy atom. The summed E-state index contributed by atoms with van der Waals surface area (Å²) in [5, 5.41) is 12.4. The zero-order chi connectivity index (χ0) is 28.4. The van der Waals surface area contributed by atoms with E-state index >= 15 is 0 Å². The molecule has 1 saturated heterocycles. The van der Waals surface area contributed by atoms with Crippen LogP contribution in [0.25, 0.3) is 28.1 Å². The highest BCUT2D eigenvalue weighted by Gasteiger charge is 2.46. The van der Waals surface area contributed by atoms with Gasteiger partial charge < -0.3 is 11.1 Å². The summed E-state index contributed by atoms with van der Waals surface area (Å²) < 4.78 is 44.4. The van der Waals surface area contributed by atoms with Gasteiger partial charge in [0.25, 0.3) is 5.91 Å². The lowest BCUT2D eigenvalue weighted by Crippen LogP contribution is -2.41. The first-order valence-corrected chi connectivity index (χ1v) is 13.6. The van der Waals surface area contributed by atoms with Gasteiger partial charge in [-0.15, -0.1) is 10.2 Å². The number of fused-ring (bicyclic) bond motifs is 2. The van der Waals surface area contributed by atoms with Crippen LogP contribution in [0.15, 0.2) is 42.6 Å². The summed E-state index contributed by atoms with van der Waals surface area (Å²) >= 11 is 0. The molecule has 1 aromatic carbocycles. The zero-order valence-electron chi connectivity index (χ0n) is 22.7. The van der Waals surface area contributed by atoms with Gasteiger partial charge in [-0.3, -0.25) is 14.1 Å². The minimum atomic E-state index is -4.48. The minimum absolute atomic E-state index is 0.0933. The molecule has 2 atom stereocenters. The van der Waals surface area contributed by atoms with Crippen LogP contribution < -0.4 is 11.1 Å². The molecule has 1 unspecified atom stereocenters. The van der Waals surface area contributed by atoms with Crippen molar-refractivity contribution >= 4 is 22.5 Å². The van der Waals surface area contributed by atoms with E-state index in [0.29, 0.717) is 34.7 Å². The lowest BCUT2D eigenvalue weighted by molar-refractivity contribution is -0.183. The number of amides is 1. The first-order valence-electron chi connectivity index (χ1n) is 13.6. The van der Waals surface area contributed by atoms with Gasteiger partial charge in [-0.2, -0.15) is 13.2 Å². The maximum Gasteiger partial charge on any atom is 0.408 e. The second kappa shape index (κ2) is 9.52. The van der Waals surface area contributed by atoms with Gasteiger partial charge in [0.15, 0.2) is 11.5 Å². The SMILES string of the molecule is CC(C)(C)NC(=O)c1ccc2ccc(-c3nnc4ccc([C@@H](N5CCC(N)C5)C(F)(F)F)cn34)nc2c1C1CC1. The van der Waals surface area contributed by atoms with Crippen molar-refractivity contribution in [1.29, 1.82) is 0 Å². The third-order valence-corrected chi connectivity index (χ3v) is 7.52. The van der Waals surface area contributed by atoms with Crippen LogP contribution in [0, 0.1) is 0 Å². The first-order chi connectivity index (χ1) is 18.9. The van der Waals surface area contributed by atoms with Gasteiger partial charge in [0.05, 0.1) is 5.52 Å². The second-order valence-electron chi connectivity index (χ2n) is 12.0. The van der Waals surface area contributed by atoms with Crippen molar-refractivity contribution < 1.29 is 18.0 Å². The third-order valence-electron chi connectivity index (χ3n) is 7.52.